The van der Waals surface area contributed by atoms with Crippen molar-refractivity contribution in [1.82, 2.24) is 4.98 Å². The van der Waals surface area contributed by atoms with Crippen molar-refractivity contribution in [3.05, 3.63) is 35.5 Å². The maximum absolute atomic E-state index is 5.74. The maximum Gasteiger partial charge on any atom is 0.126 e. The van der Waals surface area contributed by atoms with Crippen molar-refractivity contribution in [3.8, 4) is 0 Å². The summed E-state index contributed by atoms with van der Waals surface area (Å²) < 4.78 is 0. The SMILES string of the molecule is Cc1cccc2cnc(N)c(C)c12. The summed E-state index contributed by atoms with van der Waals surface area (Å²) in [6.45, 7) is 4.10. The highest BCUT2D eigenvalue weighted by atomic mass is 14.8. The molecule has 2 rings (SSSR count). The number of fused-ring (bicyclic) bond motifs is 1. The van der Waals surface area contributed by atoms with Crippen LogP contribution < -0.4 is 5.73 Å². The number of hydrogen-bond acceptors (Lipinski definition) is 2. The molecule has 1 aromatic heterocycles. The molecule has 66 valence electrons. The molecule has 0 aliphatic carbocycles. The van der Waals surface area contributed by atoms with Gasteiger partial charge < -0.3 is 5.73 Å². The summed E-state index contributed by atoms with van der Waals surface area (Å²) in [5, 5.41) is 2.39. The number of aromatic nitrogens is 1. The number of nitrogens with two attached hydrogens (primary N) is 1. The van der Waals surface area contributed by atoms with Crippen molar-refractivity contribution in [3.63, 3.8) is 0 Å². The van der Waals surface area contributed by atoms with Crippen LogP contribution in [-0.2, 0) is 0 Å². The molecule has 0 amide bonds. The van der Waals surface area contributed by atoms with Gasteiger partial charge in [-0.25, -0.2) is 4.98 Å². The Balaban J connectivity index is 2.97. The van der Waals surface area contributed by atoms with E-state index in [1.807, 2.05) is 19.2 Å². The zero-order valence-electron chi connectivity index (χ0n) is 7.83. The minimum atomic E-state index is 0.627. The molecule has 0 bridgehead atoms. The monoisotopic (exact) mass is 172 g/mol. The maximum atomic E-state index is 5.74. The highest BCUT2D eigenvalue weighted by Gasteiger charge is 2.03. The summed E-state index contributed by atoms with van der Waals surface area (Å²) in [4.78, 5) is 4.13. The van der Waals surface area contributed by atoms with Gasteiger partial charge in [0.1, 0.15) is 5.82 Å². The van der Waals surface area contributed by atoms with E-state index in [1.165, 1.54) is 10.9 Å². The highest BCUT2D eigenvalue weighted by molar-refractivity contribution is 5.90. The molecule has 0 spiro atoms. The zero-order valence-corrected chi connectivity index (χ0v) is 7.83. The Hall–Kier alpha value is -1.57. The van der Waals surface area contributed by atoms with E-state index in [4.69, 9.17) is 5.73 Å². The molecular weight excluding hydrogens is 160 g/mol. The molecule has 2 aromatic rings. The Morgan fingerprint density at radius 3 is 2.77 bits per heavy atom. The van der Waals surface area contributed by atoms with E-state index in [-0.39, 0.29) is 0 Å². The lowest BCUT2D eigenvalue weighted by Gasteiger charge is -2.06. The normalized spacial score (nSPS) is 10.6. The van der Waals surface area contributed by atoms with Crippen molar-refractivity contribution in [2.45, 2.75) is 13.8 Å². The second-order valence-corrected chi connectivity index (χ2v) is 3.31. The van der Waals surface area contributed by atoms with Gasteiger partial charge in [0.25, 0.3) is 0 Å². The number of benzene rings is 1. The molecule has 0 fully saturated rings. The van der Waals surface area contributed by atoms with Gasteiger partial charge in [-0.2, -0.15) is 0 Å². The minimum absolute atomic E-state index is 0.627. The topological polar surface area (TPSA) is 38.9 Å². The van der Waals surface area contributed by atoms with Gasteiger partial charge in [0.05, 0.1) is 0 Å². The zero-order chi connectivity index (χ0) is 9.42. The van der Waals surface area contributed by atoms with Crippen molar-refractivity contribution in [2.75, 3.05) is 5.73 Å². The Bertz CT molecular complexity index is 461. The third-order valence-electron chi connectivity index (χ3n) is 2.41. The van der Waals surface area contributed by atoms with E-state index in [9.17, 15) is 0 Å². The first-order valence-electron chi connectivity index (χ1n) is 4.30. The average Bonchev–Trinajstić information content (AvgIpc) is 2.12. The van der Waals surface area contributed by atoms with Crippen LogP contribution >= 0.6 is 0 Å². The Morgan fingerprint density at radius 1 is 1.23 bits per heavy atom. The molecule has 2 N–H and O–H groups in total. The molecule has 0 saturated heterocycles. The summed E-state index contributed by atoms with van der Waals surface area (Å²) in [6.07, 6.45) is 1.82. The number of rotatable bonds is 0. The summed E-state index contributed by atoms with van der Waals surface area (Å²) in [5.74, 6) is 0.627. The smallest absolute Gasteiger partial charge is 0.126 e. The number of nitrogen functional groups attached to an aromatic ring is 1. The van der Waals surface area contributed by atoms with Gasteiger partial charge in [-0.1, -0.05) is 18.2 Å². The summed E-state index contributed by atoms with van der Waals surface area (Å²) in [5.41, 5.74) is 8.08. The number of hydrogen-bond donors (Lipinski definition) is 1. The van der Waals surface area contributed by atoms with Crippen LogP contribution in [0.5, 0.6) is 0 Å². The molecule has 0 unspecified atom stereocenters. The Kier molecular flexibility index (Phi) is 1.69. The summed E-state index contributed by atoms with van der Waals surface area (Å²) in [6, 6.07) is 6.19. The van der Waals surface area contributed by atoms with Gasteiger partial charge >= 0.3 is 0 Å². The predicted molar refractivity (Wildman–Crippen MR) is 55.6 cm³/mol. The van der Waals surface area contributed by atoms with Crippen molar-refractivity contribution < 1.29 is 0 Å². The lowest BCUT2D eigenvalue weighted by molar-refractivity contribution is 1.31. The molecule has 2 nitrogen and oxygen atoms in total. The fourth-order valence-corrected chi connectivity index (χ4v) is 1.67. The fraction of sp³-hybridized carbons (Fsp3) is 0.182. The van der Waals surface area contributed by atoms with E-state index >= 15 is 0 Å². The van der Waals surface area contributed by atoms with Crippen LogP contribution in [-0.4, -0.2) is 4.98 Å². The predicted octanol–water partition coefficient (Wildman–Crippen LogP) is 2.43. The largest absolute Gasteiger partial charge is 0.383 e. The third-order valence-corrected chi connectivity index (χ3v) is 2.41. The van der Waals surface area contributed by atoms with E-state index < -0.39 is 0 Å². The molecule has 0 aliphatic heterocycles. The van der Waals surface area contributed by atoms with Gasteiger partial charge in [0.15, 0.2) is 0 Å². The average molecular weight is 172 g/mol. The molecule has 1 heterocycles. The molecule has 0 saturated carbocycles. The number of pyridine rings is 1. The third kappa shape index (κ3) is 1.15. The summed E-state index contributed by atoms with van der Waals surface area (Å²) >= 11 is 0. The van der Waals surface area contributed by atoms with Gasteiger partial charge in [-0.05, 0) is 30.4 Å². The lowest BCUT2D eigenvalue weighted by Crippen LogP contribution is -1.95. The van der Waals surface area contributed by atoms with E-state index in [2.05, 4.69) is 24.0 Å². The van der Waals surface area contributed by atoms with E-state index in [1.54, 1.807) is 0 Å². The van der Waals surface area contributed by atoms with Gasteiger partial charge in [0, 0.05) is 11.6 Å². The first-order valence-corrected chi connectivity index (χ1v) is 4.30. The molecule has 0 atom stereocenters. The fourth-order valence-electron chi connectivity index (χ4n) is 1.67. The molecule has 0 aliphatic rings. The van der Waals surface area contributed by atoms with Gasteiger partial charge in [0.2, 0.25) is 0 Å². The molecule has 2 heteroatoms. The quantitative estimate of drug-likeness (QED) is 0.662. The second kappa shape index (κ2) is 2.73. The van der Waals surface area contributed by atoms with E-state index in [0.29, 0.717) is 5.82 Å². The number of anilines is 1. The molecule has 13 heavy (non-hydrogen) atoms. The van der Waals surface area contributed by atoms with Crippen molar-refractivity contribution in [1.29, 1.82) is 0 Å². The van der Waals surface area contributed by atoms with Crippen LogP contribution in [0.15, 0.2) is 24.4 Å². The van der Waals surface area contributed by atoms with Gasteiger partial charge in [-0.3, -0.25) is 0 Å². The Labute approximate surface area is 77.4 Å². The molecule has 1 aromatic carbocycles. The minimum Gasteiger partial charge on any atom is -0.383 e. The first-order chi connectivity index (χ1) is 6.20. The van der Waals surface area contributed by atoms with Crippen LogP contribution in [0.3, 0.4) is 0 Å². The van der Waals surface area contributed by atoms with Crippen molar-refractivity contribution in [2.24, 2.45) is 0 Å². The first kappa shape index (κ1) is 8.05. The Morgan fingerprint density at radius 2 is 2.00 bits per heavy atom. The van der Waals surface area contributed by atoms with Crippen LogP contribution in [0.4, 0.5) is 5.82 Å². The standard InChI is InChI=1S/C11H12N2/c1-7-4-3-5-9-6-13-11(12)8(2)10(7)9/h3-6H,1-2H3,(H2,12,13). The second-order valence-electron chi connectivity index (χ2n) is 3.31. The molecule has 0 radical (unpaired) electrons. The van der Waals surface area contributed by atoms with Crippen LogP contribution in [0.25, 0.3) is 10.8 Å². The van der Waals surface area contributed by atoms with Crippen molar-refractivity contribution >= 4 is 16.6 Å². The van der Waals surface area contributed by atoms with Crippen LogP contribution in [0, 0.1) is 13.8 Å². The van der Waals surface area contributed by atoms with E-state index in [0.717, 1.165) is 10.9 Å². The van der Waals surface area contributed by atoms with Gasteiger partial charge in [-0.15, -0.1) is 0 Å². The van der Waals surface area contributed by atoms with Crippen LogP contribution in [0.2, 0.25) is 0 Å². The van der Waals surface area contributed by atoms with Crippen LogP contribution in [0.1, 0.15) is 11.1 Å². The number of aryl methyl sites for hydroxylation is 2. The number of nitrogens with zero attached hydrogens (tertiary/aromatic N) is 1. The lowest BCUT2D eigenvalue weighted by atomic mass is 10.0. The highest BCUT2D eigenvalue weighted by Crippen LogP contribution is 2.23. The molecular formula is C11H12N2. The summed E-state index contributed by atoms with van der Waals surface area (Å²) in [7, 11) is 0.